The number of carbonyl (C=O) groups is 3. The summed E-state index contributed by atoms with van der Waals surface area (Å²) < 4.78 is 33.6. The molecule has 0 spiro atoms. The Balaban J connectivity index is 1.40. The Kier molecular flexibility index (Phi) is 7.16. The van der Waals surface area contributed by atoms with Gasteiger partial charge in [0.1, 0.15) is 20.4 Å². The molecule has 3 N–H and O–H groups in total. The molecule has 1 aromatic rings. The monoisotopic (exact) mass is 527 g/mol. The zero-order chi connectivity index (χ0) is 25.4. The fraction of sp³-hybridized carbons (Fsp3) is 0.625. The number of nitrogens with one attached hydrogen (secondary N) is 3. The Morgan fingerprint density at radius 3 is 2.60 bits per heavy atom. The minimum absolute atomic E-state index is 0.0940. The Morgan fingerprint density at radius 1 is 1.29 bits per heavy atom. The van der Waals surface area contributed by atoms with Gasteiger partial charge in [0.25, 0.3) is 5.92 Å². The lowest BCUT2D eigenvalue weighted by atomic mass is 9.97. The highest BCUT2D eigenvalue weighted by Crippen LogP contribution is 2.62. The lowest BCUT2D eigenvalue weighted by Gasteiger charge is -2.27. The van der Waals surface area contributed by atoms with Crippen molar-refractivity contribution in [2.45, 2.75) is 81.6 Å². The number of ether oxygens (including phenoxy) is 1. The molecule has 3 fully saturated rings. The van der Waals surface area contributed by atoms with Gasteiger partial charge in [0.05, 0.1) is 0 Å². The molecule has 7 nitrogen and oxygen atoms in total. The molecule has 1 aromatic carbocycles. The molecule has 35 heavy (non-hydrogen) atoms. The third-order valence-electron chi connectivity index (χ3n) is 7.40. The van der Waals surface area contributed by atoms with Crippen LogP contribution in [0.1, 0.15) is 51.5 Å². The Labute approximate surface area is 210 Å². The van der Waals surface area contributed by atoms with Gasteiger partial charge in [-0.2, -0.15) is 0 Å². The molecule has 0 bridgehead atoms. The summed E-state index contributed by atoms with van der Waals surface area (Å²) in [6.45, 7) is 3.89. The van der Waals surface area contributed by atoms with Crippen molar-refractivity contribution >= 4 is 37.9 Å². The first kappa shape index (κ1) is 25.9. The average molecular weight is 528 g/mol. The molecule has 2 unspecified atom stereocenters. The first-order valence-corrected chi connectivity index (χ1v) is 14.7. The topological polar surface area (TPSA) is 96.5 Å². The summed E-state index contributed by atoms with van der Waals surface area (Å²) in [4.78, 5) is 38.0. The van der Waals surface area contributed by atoms with E-state index in [1.807, 2.05) is 6.07 Å². The lowest BCUT2D eigenvalue weighted by molar-refractivity contribution is -0.124. The maximum atomic E-state index is 14.0. The number of alkyl carbamates (subject to hydrolysis) is 1. The van der Waals surface area contributed by atoms with Gasteiger partial charge >= 0.3 is 6.09 Å². The summed E-state index contributed by atoms with van der Waals surface area (Å²) in [5.41, 5.74) is -1.34. The molecule has 11 heteroatoms. The SMILES string of the molecule is C[C@H](C[Si@@H]1CCCNC1=O)NC(=O)C(CC1(C)CC1(F)F)NC(=O)OC1(c2cccc(Cl)c2)CC1. The molecule has 3 aliphatic rings. The summed E-state index contributed by atoms with van der Waals surface area (Å²) in [6, 6.07) is 6.98. The van der Waals surface area contributed by atoms with E-state index in [-0.39, 0.29) is 24.4 Å². The van der Waals surface area contributed by atoms with Crippen molar-refractivity contribution < 1.29 is 27.9 Å². The third kappa shape index (κ3) is 5.96. The second kappa shape index (κ2) is 9.69. The maximum Gasteiger partial charge on any atom is 0.408 e. The van der Waals surface area contributed by atoms with Crippen LogP contribution < -0.4 is 16.0 Å². The highest BCUT2D eigenvalue weighted by Gasteiger charge is 2.68. The average Bonchev–Trinajstić information content (AvgIpc) is 3.65. The Hall–Kier alpha value is -2.20. The minimum Gasteiger partial charge on any atom is -0.438 e. The predicted molar refractivity (Wildman–Crippen MR) is 130 cm³/mol. The van der Waals surface area contributed by atoms with Gasteiger partial charge in [0, 0.05) is 29.4 Å². The number of hydrogen-bond acceptors (Lipinski definition) is 4. The zero-order valence-corrected chi connectivity index (χ0v) is 21.9. The normalized spacial score (nSPS) is 27.7. The van der Waals surface area contributed by atoms with E-state index in [0.717, 1.165) is 18.0 Å². The van der Waals surface area contributed by atoms with Crippen molar-refractivity contribution in [2.75, 3.05) is 6.54 Å². The summed E-state index contributed by atoms with van der Waals surface area (Å²) in [6.07, 6.45) is 0.776. The summed E-state index contributed by atoms with van der Waals surface area (Å²) in [5.74, 6) is -3.43. The molecule has 4 rings (SSSR count). The number of benzene rings is 1. The van der Waals surface area contributed by atoms with E-state index in [1.165, 1.54) is 6.92 Å². The highest BCUT2D eigenvalue weighted by molar-refractivity contribution is 6.90. The fourth-order valence-electron chi connectivity index (χ4n) is 4.90. The van der Waals surface area contributed by atoms with Crippen molar-refractivity contribution in [3.8, 4) is 0 Å². The number of amides is 3. The second-order valence-electron chi connectivity index (χ2n) is 10.5. The maximum absolute atomic E-state index is 14.0. The van der Waals surface area contributed by atoms with Crippen molar-refractivity contribution in [2.24, 2.45) is 5.41 Å². The van der Waals surface area contributed by atoms with E-state index >= 15 is 0 Å². The molecule has 1 heterocycles. The van der Waals surface area contributed by atoms with Gasteiger partial charge in [-0.3, -0.25) is 9.59 Å². The number of hydrogen-bond donors (Lipinski definition) is 3. The molecule has 1 saturated heterocycles. The van der Waals surface area contributed by atoms with Crippen molar-refractivity contribution in [1.82, 2.24) is 16.0 Å². The zero-order valence-electron chi connectivity index (χ0n) is 20.0. The first-order chi connectivity index (χ1) is 16.4. The molecule has 1 aliphatic heterocycles. The van der Waals surface area contributed by atoms with Crippen molar-refractivity contribution in [1.29, 1.82) is 0 Å². The largest absolute Gasteiger partial charge is 0.438 e. The molecule has 192 valence electrons. The smallest absolute Gasteiger partial charge is 0.408 e. The number of carbonyl (C=O) groups excluding carboxylic acids is 3. The standard InChI is InChI=1S/C24H32ClF2N3O4Si/c1-15(13-35-10-4-9-28-21(35)33)29-19(31)18(12-22(2)14-24(22,26)27)30-20(32)34-23(7-8-23)16-5-3-6-17(25)11-16/h3,5-6,11,15,18,35H,4,7-10,12-14H2,1-2H3,(H,28,33)(H,29,31)(H,30,32)/t15-,18?,22?,35+/m1/s1. The molecule has 2 aliphatic carbocycles. The molecule has 3 amide bonds. The summed E-state index contributed by atoms with van der Waals surface area (Å²) in [5, 5.41) is 8.77. The van der Waals surface area contributed by atoms with Gasteiger partial charge in [0.2, 0.25) is 5.91 Å². The van der Waals surface area contributed by atoms with E-state index < -0.39 is 43.8 Å². The van der Waals surface area contributed by atoms with Gasteiger partial charge in [-0.15, -0.1) is 0 Å². The van der Waals surface area contributed by atoms with E-state index in [0.29, 0.717) is 30.5 Å². The van der Waals surface area contributed by atoms with Crippen LogP contribution in [0.5, 0.6) is 0 Å². The van der Waals surface area contributed by atoms with Crippen LogP contribution in [0.15, 0.2) is 24.3 Å². The van der Waals surface area contributed by atoms with Gasteiger partial charge in [-0.05, 0) is 62.4 Å². The van der Waals surface area contributed by atoms with E-state index in [2.05, 4.69) is 16.0 Å². The van der Waals surface area contributed by atoms with Crippen LogP contribution in [0.3, 0.4) is 0 Å². The predicted octanol–water partition coefficient (Wildman–Crippen LogP) is 4.29. The van der Waals surface area contributed by atoms with Crippen molar-refractivity contribution in [3.05, 3.63) is 34.9 Å². The summed E-state index contributed by atoms with van der Waals surface area (Å²) >= 11 is 6.07. The fourth-order valence-corrected chi connectivity index (χ4v) is 7.90. The molecular weight excluding hydrogens is 496 g/mol. The second-order valence-corrected chi connectivity index (χ2v) is 13.9. The Morgan fingerprint density at radius 2 is 2.00 bits per heavy atom. The number of rotatable bonds is 9. The highest BCUT2D eigenvalue weighted by atomic mass is 35.5. The minimum atomic E-state index is -2.88. The van der Waals surface area contributed by atoms with E-state index in [9.17, 15) is 23.2 Å². The van der Waals surface area contributed by atoms with Crippen LogP contribution >= 0.6 is 11.6 Å². The van der Waals surface area contributed by atoms with Crippen molar-refractivity contribution in [3.63, 3.8) is 0 Å². The van der Waals surface area contributed by atoms with Crippen LogP contribution in [0, 0.1) is 5.41 Å². The van der Waals surface area contributed by atoms with Crippen LogP contribution in [-0.2, 0) is 15.1 Å². The van der Waals surface area contributed by atoms with Crippen LogP contribution in [0.25, 0.3) is 0 Å². The van der Waals surface area contributed by atoms with Gasteiger partial charge in [0.15, 0.2) is 5.53 Å². The van der Waals surface area contributed by atoms with Gasteiger partial charge < -0.3 is 20.7 Å². The Bertz CT molecular complexity index is 1010. The summed E-state index contributed by atoms with van der Waals surface area (Å²) in [7, 11) is -1.72. The van der Waals surface area contributed by atoms with E-state index in [4.69, 9.17) is 16.3 Å². The van der Waals surface area contributed by atoms with Crippen LogP contribution in [-0.4, -0.2) is 50.9 Å². The lowest BCUT2D eigenvalue weighted by Crippen LogP contribution is -2.52. The quantitative estimate of drug-likeness (QED) is 0.417. The first-order valence-electron chi connectivity index (χ1n) is 12.1. The molecule has 0 radical (unpaired) electrons. The van der Waals surface area contributed by atoms with Crippen LogP contribution in [0.4, 0.5) is 18.4 Å². The molecule has 0 aromatic heterocycles. The molecule has 2 saturated carbocycles. The number of alkyl halides is 2. The third-order valence-corrected chi connectivity index (χ3v) is 11.0. The molecule has 4 atom stereocenters. The number of halogens is 3. The van der Waals surface area contributed by atoms with Crippen LogP contribution in [0.2, 0.25) is 17.1 Å². The van der Waals surface area contributed by atoms with Gasteiger partial charge in [-0.25, -0.2) is 13.6 Å². The van der Waals surface area contributed by atoms with Gasteiger partial charge in [-0.1, -0.05) is 30.7 Å². The van der Waals surface area contributed by atoms with E-state index in [1.54, 1.807) is 25.1 Å². The molecular formula is C24H32ClF2N3O4Si.